The lowest BCUT2D eigenvalue weighted by Gasteiger charge is -2.26. The quantitative estimate of drug-likeness (QED) is 0.837. The van der Waals surface area contributed by atoms with Gasteiger partial charge in [-0.25, -0.2) is 4.99 Å². The number of amidine groups is 1. The number of halogens is 2. The lowest BCUT2D eigenvalue weighted by Crippen LogP contribution is -2.38. The van der Waals surface area contributed by atoms with Crippen LogP contribution in [-0.2, 0) is 9.47 Å². The summed E-state index contributed by atoms with van der Waals surface area (Å²) < 4.78 is 11.3. The van der Waals surface area contributed by atoms with Crippen LogP contribution >= 0.6 is 23.2 Å². The van der Waals surface area contributed by atoms with Crippen LogP contribution < -0.4 is 5.73 Å². The standard InChI is InChI=1S/C15H10Cl2N4O2/c16-8-2-1-3-9(17)10(8)11-13(6-18)12(20)21-15(14(11,13)7-19)22-4-5-23-15/h1-3,11H,4-5H2,(H2,20,21)/t11-,13+,14+/m0/s1. The highest BCUT2D eigenvalue weighted by atomic mass is 35.5. The molecule has 3 atom stereocenters. The fourth-order valence-electron chi connectivity index (χ4n) is 3.94. The van der Waals surface area contributed by atoms with Gasteiger partial charge < -0.3 is 15.2 Å². The average molecular weight is 349 g/mol. The van der Waals surface area contributed by atoms with Crippen LogP contribution in [0.1, 0.15) is 11.5 Å². The van der Waals surface area contributed by atoms with E-state index in [2.05, 4.69) is 17.1 Å². The molecule has 1 aromatic carbocycles. The summed E-state index contributed by atoms with van der Waals surface area (Å²) in [6, 6.07) is 9.35. The van der Waals surface area contributed by atoms with Crippen molar-refractivity contribution in [3.8, 4) is 12.1 Å². The van der Waals surface area contributed by atoms with Gasteiger partial charge in [-0.05, 0) is 17.7 Å². The predicted molar refractivity (Wildman–Crippen MR) is 81.6 cm³/mol. The van der Waals surface area contributed by atoms with E-state index in [0.29, 0.717) is 15.6 Å². The molecule has 2 fully saturated rings. The minimum Gasteiger partial charge on any atom is -0.386 e. The summed E-state index contributed by atoms with van der Waals surface area (Å²) in [6.07, 6.45) is 0. The Morgan fingerprint density at radius 1 is 1.17 bits per heavy atom. The maximum atomic E-state index is 9.94. The van der Waals surface area contributed by atoms with Gasteiger partial charge in [0.2, 0.25) is 0 Å². The zero-order valence-corrected chi connectivity index (χ0v) is 13.2. The van der Waals surface area contributed by atoms with Gasteiger partial charge in [-0.15, -0.1) is 0 Å². The summed E-state index contributed by atoms with van der Waals surface area (Å²) in [5.41, 5.74) is 3.78. The lowest BCUT2D eigenvalue weighted by molar-refractivity contribution is -0.184. The molecule has 8 heteroatoms. The normalized spacial score (nSPS) is 36.2. The minimum absolute atomic E-state index is 0.0180. The first-order chi connectivity index (χ1) is 11.0. The zero-order chi connectivity index (χ0) is 16.5. The molecule has 1 aliphatic carbocycles. The lowest BCUT2D eigenvalue weighted by atomic mass is 9.94. The SMILES string of the molecule is N#C[C@@]12C(N)=NC3(OCCO3)[C@]1(C#N)[C@H]2c1c(Cl)cccc1Cl. The van der Waals surface area contributed by atoms with Gasteiger partial charge in [0.15, 0.2) is 5.41 Å². The van der Waals surface area contributed by atoms with Crippen molar-refractivity contribution < 1.29 is 9.47 Å². The molecule has 1 aromatic rings. The Labute approximate surface area is 142 Å². The first-order valence-corrected chi connectivity index (χ1v) is 7.66. The number of nitrogens with zero attached hydrogens (tertiary/aromatic N) is 3. The summed E-state index contributed by atoms with van der Waals surface area (Å²) in [6.45, 7) is 0.537. The second kappa shape index (κ2) is 4.37. The number of hydrogen-bond acceptors (Lipinski definition) is 6. The van der Waals surface area contributed by atoms with E-state index in [1.807, 2.05) is 0 Å². The van der Waals surface area contributed by atoms with Gasteiger partial charge in [0, 0.05) is 16.0 Å². The third-order valence-corrected chi connectivity index (χ3v) is 5.55. The molecule has 6 nitrogen and oxygen atoms in total. The Morgan fingerprint density at radius 3 is 2.30 bits per heavy atom. The van der Waals surface area contributed by atoms with Crippen molar-refractivity contribution in [2.75, 3.05) is 13.2 Å². The number of fused-ring (bicyclic) bond motifs is 2. The Kier molecular flexibility index (Phi) is 2.80. The third kappa shape index (κ3) is 1.35. The fourth-order valence-corrected chi connectivity index (χ4v) is 4.55. The number of benzene rings is 1. The van der Waals surface area contributed by atoms with Crippen LogP contribution in [0.15, 0.2) is 23.2 Å². The molecule has 1 saturated heterocycles. The van der Waals surface area contributed by atoms with Gasteiger partial charge in [-0.1, -0.05) is 29.3 Å². The number of aliphatic imine (C=N–C) groups is 1. The molecule has 0 unspecified atom stereocenters. The largest absolute Gasteiger partial charge is 0.386 e. The van der Waals surface area contributed by atoms with Gasteiger partial charge >= 0.3 is 0 Å². The van der Waals surface area contributed by atoms with E-state index >= 15 is 0 Å². The molecule has 116 valence electrons. The van der Waals surface area contributed by atoms with Crippen molar-refractivity contribution in [1.29, 1.82) is 10.5 Å². The molecule has 0 aromatic heterocycles. The fraction of sp³-hybridized carbons (Fsp3) is 0.400. The first-order valence-electron chi connectivity index (χ1n) is 6.91. The van der Waals surface area contributed by atoms with Crippen molar-refractivity contribution >= 4 is 29.0 Å². The van der Waals surface area contributed by atoms with E-state index < -0.39 is 22.7 Å². The first kappa shape index (κ1) is 14.7. The molecule has 0 bridgehead atoms. The topological polar surface area (TPSA) is 104 Å². The molecule has 1 spiro atoms. The number of nitriles is 2. The molecule has 1 saturated carbocycles. The Morgan fingerprint density at radius 2 is 1.78 bits per heavy atom. The number of hydrogen-bond donors (Lipinski definition) is 1. The molecule has 0 radical (unpaired) electrons. The minimum atomic E-state index is -1.57. The van der Waals surface area contributed by atoms with E-state index in [0.717, 1.165) is 0 Å². The third-order valence-electron chi connectivity index (χ3n) is 4.89. The van der Waals surface area contributed by atoms with Gasteiger partial charge in [0.1, 0.15) is 11.3 Å². The van der Waals surface area contributed by atoms with E-state index in [1.165, 1.54) is 0 Å². The summed E-state index contributed by atoms with van der Waals surface area (Å²) in [5, 5.41) is 20.5. The van der Waals surface area contributed by atoms with Crippen LogP contribution in [0.25, 0.3) is 0 Å². The van der Waals surface area contributed by atoms with Crippen molar-refractivity contribution in [2.24, 2.45) is 21.6 Å². The van der Waals surface area contributed by atoms with Crippen LogP contribution in [0, 0.1) is 33.5 Å². The van der Waals surface area contributed by atoms with Gasteiger partial charge in [-0.3, -0.25) is 0 Å². The predicted octanol–water partition coefficient (Wildman–Crippen LogP) is 2.18. The molecule has 2 heterocycles. The Hall–Kier alpha value is -1.83. The van der Waals surface area contributed by atoms with E-state index in [4.69, 9.17) is 38.4 Å². The van der Waals surface area contributed by atoms with E-state index in [9.17, 15) is 10.5 Å². The molecule has 2 N–H and O–H groups in total. The Bertz CT molecular complexity index is 817. The molecule has 4 rings (SSSR count). The summed E-state index contributed by atoms with van der Waals surface area (Å²) >= 11 is 12.6. The monoisotopic (exact) mass is 348 g/mol. The molecule has 0 amide bonds. The van der Waals surface area contributed by atoms with Gasteiger partial charge in [0.25, 0.3) is 5.91 Å². The van der Waals surface area contributed by atoms with Gasteiger partial charge in [-0.2, -0.15) is 10.5 Å². The summed E-state index contributed by atoms with van der Waals surface area (Å²) in [4.78, 5) is 4.19. The second-order valence-electron chi connectivity index (χ2n) is 5.68. The average Bonchev–Trinajstić information content (AvgIpc) is 2.77. The van der Waals surface area contributed by atoms with Crippen molar-refractivity contribution in [3.05, 3.63) is 33.8 Å². The number of nitrogens with two attached hydrogens (primary N) is 1. The Balaban J connectivity index is 2.00. The van der Waals surface area contributed by atoms with Crippen LogP contribution in [0.4, 0.5) is 0 Å². The van der Waals surface area contributed by atoms with Crippen LogP contribution in [-0.4, -0.2) is 25.0 Å². The van der Waals surface area contributed by atoms with E-state index in [1.54, 1.807) is 18.2 Å². The smallest absolute Gasteiger partial charge is 0.293 e. The molecular weight excluding hydrogens is 339 g/mol. The van der Waals surface area contributed by atoms with Gasteiger partial charge in [0.05, 0.1) is 25.4 Å². The maximum Gasteiger partial charge on any atom is 0.293 e. The van der Waals surface area contributed by atoms with Crippen molar-refractivity contribution in [3.63, 3.8) is 0 Å². The highest BCUT2D eigenvalue weighted by molar-refractivity contribution is 6.36. The van der Waals surface area contributed by atoms with Crippen LogP contribution in [0.2, 0.25) is 10.0 Å². The highest BCUT2D eigenvalue weighted by Gasteiger charge is 2.94. The van der Waals surface area contributed by atoms with Crippen LogP contribution in [0.3, 0.4) is 0 Å². The molecule has 2 aliphatic heterocycles. The molecular formula is C15H10Cl2N4O2. The maximum absolute atomic E-state index is 9.94. The summed E-state index contributed by atoms with van der Waals surface area (Å²) in [5.74, 6) is -2.22. The van der Waals surface area contributed by atoms with E-state index in [-0.39, 0.29) is 19.0 Å². The highest BCUT2D eigenvalue weighted by Crippen LogP contribution is 2.83. The van der Waals surface area contributed by atoms with Crippen molar-refractivity contribution in [1.82, 2.24) is 0 Å². The number of rotatable bonds is 1. The molecule has 23 heavy (non-hydrogen) atoms. The van der Waals surface area contributed by atoms with Crippen LogP contribution in [0.5, 0.6) is 0 Å². The zero-order valence-electron chi connectivity index (χ0n) is 11.7. The number of ether oxygens (including phenoxy) is 2. The summed E-state index contributed by atoms with van der Waals surface area (Å²) in [7, 11) is 0. The molecule has 3 aliphatic rings. The van der Waals surface area contributed by atoms with Crippen molar-refractivity contribution in [2.45, 2.75) is 11.8 Å². The second-order valence-corrected chi connectivity index (χ2v) is 6.50.